The number of alkyl halides is 3. The molecule has 0 aliphatic heterocycles. The van der Waals surface area contributed by atoms with Gasteiger partial charge in [-0.3, -0.25) is 4.79 Å². The van der Waals surface area contributed by atoms with Crippen molar-refractivity contribution in [3.8, 4) is 28.7 Å². The standard InChI is InChI=1S/C22H15F3N8O2/c1-13(34)35-31-21-28-17(15-5-2-4-14(8-15)10-26)9-18(29-21)19-12-33(32-30-19)11-16-6-3-7-20(27-16)22(23,24)25/h2-9,12H,11H2,1H3,(H,28,29,31). The van der Waals surface area contributed by atoms with Crippen molar-refractivity contribution >= 4 is 11.9 Å². The smallest absolute Gasteiger partial charge is 0.341 e. The lowest BCUT2D eigenvalue weighted by Crippen LogP contribution is -2.11. The van der Waals surface area contributed by atoms with E-state index in [1.54, 1.807) is 30.3 Å². The maximum atomic E-state index is 12.9. The largest absolute Gasteiger partial charge is 0.433 e. The topological polar surface area (TPSA) is 132 Å². The molecule has 3 heterocycles. The Hall–Kier alpha value is -4.86. The summed E-state index contributed by atoms with van der Waals surface area (Å²) >= 11 is 0. The van der Waals surface area contributed by atoms with Crippen molar-refractivity contribution in [1.82, 2.24) is 29.9 Å². The van der Waals surface area contributed by atoms with Crippen LogP contribution in [0.15, 0.2) is 54.7 Å². The molecule has 0 atom stereocenters. The molecule has 35 heavy (non-hydrogen) atoms. The molecule has 0 aliphatic rings. The Labute approximate surface area is 196 Å². The van der Waals surface area contributed by atoms with Gasteiger partial charge in [-0.1, -0.05) is 23.4 Å². The van der Waals surface area contributed by atoms with Gasteiger partial charge in [-0.05, 0) is 30.3 Å². The third kappa shape index (κ3) is 5.74. The third-order valence-corrected chi connectivity index (χ3v) is 4.52. The minimum absolute atomic E-state index is 0.0517. The number of nitrogens with one attached hydrogen (secondary N) is 1. The van der Waals surface area contributed by atoms with E-state index >= 15 is 0 Å². The molecule has 176 valence electrons. The second kappa shape index (κ2) is 9.56. The number of hydrogen-bond acceptors (Lipinski definition) is 9. The number of benzene rings is 1. The van der Waals surface area contributed by atoms with Crippen LogP contribution in [-0.4, -0.2) is 35.9 Å². The van der Waals surface area contributed by atoms with Crippen LogP contribution in [0.2, 0.25) is 0 Å². The number of aromatic nitrogens is 6. The van der Waals surface area contributed by atoms with Gasteiger partial charge in [0.15, 0.2) is 0 Å². The number of nitriles is 1. The predicted octanol–water partition coefficient (Wildman–Crippen LogP) is 3.63. The third-order valence-electron chi connectivity index (χ3n) is 4.52. The fraction of sp³-hybridized carbons (Fsp3) is 0.136. The van der Waals surface area contributed by atoms with Crippen molar-refractivity contribution in [3.05, 3.63) is 71.7 Å². The van der Waals surface area contributed by atoms with Gasteiger partial charge in [0.25, 0.3) is 5.95 Å². The minimum Gasteiger partial charge on any atom is -0.341 e. The number of carbonyl (C=O) groups excluding carboxylic acids is 1. The first-order valence-electron chi connectivity index (χ1n) is 9.98. The molecule has 0 radical (unpaired) electrons. The monoisotopic (exact) mass is 480 g/mol. The summed E-state index contributed by atoms with van der Waals surface area (Å²) < 4.78 is 40.1. The van der Waals surface area contributed by atoms with E-state index in [1.165, 1.54) is 29.9 Å². The maximum Gasteiger partial charge on any atom is 0.433 e. The van der Waals surface area contributed by atoms with Crippen LogP contribution < -0.4 is 5.48 Å². The average Bonchev–Trinajstić information content (AvgIpc) is 3.31. The van der Waals surface area contributed by atoms with Crippen molar-refractivity contribution in [1.29, 1.82) is 5.26 Å². The lowest BCUT2D eigenvalue weighted by Gasteiger charge is -2.08. The second-order valence-corrected chi connectivity index (χ2v) is 7.16. The molecule has 1 N–H and O–H groups in total. The van der Waals surface area contributed by atoms with Crippen molar-refractivity contribution < 1.29 is 22.8 Å². The van der Waals surface area contributed by atoms with Crippen molar-refractivity contribution in [3.63, 3.8) is 0 Å². The molecule has 0 fully saturated rings. The van der Waals surface area contributed by atoms with Gasteiger partial charge in [0.05, 0.1) is 41.5 Å². The first kappa shape index (κ1) is 23.3. The van der Waals surface area contributed by atoms with Gasteiger partial charge in [0.2, 0.25) is 0 Å². The molecule has 4 rings (SSSR count). The summed E-state index contributed by atoms with van der Waals surface area (Å²) in [5.74, 6) is -0.671. The molecule has 13 heteroatoms. The Balaban J connectivity index is 1.67. The number of carbonyl (C=O) groups is 1. The van der Waals surface area contributed by atoms with Crippen LogP contribution in [0.4, 0.5) is 19.1 Å². The summed E-state index contributed by atoms with van der Waals surface area (Å²) in [5, 5.41) is 17.2. The number of rotatable bonds is 6. The van der Waals surface area contributed by atoms with Crippen LogP contribution in [0.3, 0.4) is 0 Å². The first-order chi connectivity index (χ1) is 16.7. The number of pyridine rings is 1. The second-order valence-electron chi connectivity index (χ2n) is 7.16. The lowest BCUT2D eigenvalue weighted by molar-refractivity contribution is -0.141. The van der Waals surface area contributed by atoms with E-state index in [2.05, 4.69) is 30.7 Å². The maximum absolute atomic E-state index is 12.9. The van der Waals surface area contributed by atoms with Gasteiger partial charge in [0, 0.05) is 12.5 Å². The zero-order chi connectivity index (χ0) is 25.0. The molecule has 1 aromatic carbocycles. The van der Waals surface area contributed by atoms with Gasteiger partial charge in [-0.2, -0.15) is 23.9 Å². The quantitative estimate of drug-likeness (QED) is 0.411. The normalized spacial score (nSPS) is 11.1. The summed E-state index contributed by atoms with van der Waals surface area (Å²) in [4.78, 5) is 28.2. The highest BCUT2D eigenvalue weighted by Crippen LogP contribution is 2.28. The minimum atomic E-state index is -4.56. The molecule has 0 saturated carbocycles. The highest BCUT2D eigenvalue weighted by molar-refractivity contribution is 5.69. The summed E-state index contributed by atoms with van der Waals surface area (Å²) in [6.07, 6.45) is -3.08. The van der Waals surface area contributed by atoms with Gasteiger partial charge in [-0.15, -0.1) is 5.10 Å². The van der Waals surface area contributed by atoms with Crippen molar-refractivity contribution in [2.24, 2.45) is 0 Å². The summed E-state index contributed by atoms with van der Waals surface area (Å²) in [7, 11) is 0. The summed E-state index contributed by atoms with van der Waals surface area (Å²) in [6, 6.07) is 13.9. The zero-order valence-corrected chi connectivity index (χ0v) is 18.0. The highest BCUT2D eigenvalue weighted by Gasteiger charge is 2.32. The van der Waals surface area contributed by atoms with Crippen LogP contribution >= 0.6 is 0 Å². The molecular weight excluding hydrogens is 465 g/mol. The average molecular weight is 480 g/mol. The van der Waals surface area contributed by atoms with Crippen LogP contribution in [-0.2, 0) is 22.4 Å². The van der Waals surface area contributed by atoms with Crippen molar-refractivity contribution in [2.75, 3.05) is 5.48 Å². The molecule has 4 aromatic rings. The van der Waals surface area contributed by atoms with E-state index in [0.29, 0.717) is 16.8 Å². The number of anilines is 1. The first-order valence-corrected chi connectivity index (χ1v) is 9.98. The Kier molecular flexibility index (Phi) is 6.36. The van der Waals surface area contributed by atoms with Gasteiger partial charge < -0.3 is 4.84 Å². The van der Waals surface area contributed by atoms with Crippen LogP contribution in [0.5, 0.6) is 0 Å². The van der Waals surface area contributed by atoms with Gasteiger partial charge in [0.1, 0.15) is 11.4 Å². The lowest BCUT2D eigenvalue weighted by atomic mass is 10.1. The molecule has 0 unspecified atom stereocenters. The van der Waals surface area contributed by atoms with E-state index < -0.39 is 17.8 Å². The van der Waals surface area contributed by atoms with Crippen molar-refractivity contribution in [2.45, 2.75) is 19.6 Å². The van der Waals surface area contributed by atoms with Gasteiger partial charge in [-0.25, -0.2) is 19.6 Å². The number of halogens is 3. The number of hydrogen-bond donors (Lipinski definition) is 1. The van der Waals surface area contributed by atoms with E-state index in [-0.39, 0.29) is 29.6 Å². The zero-order valence-electron chi connectivity index (χ0n) is 18.0. The molecule has 10 nitrogen and oxygen atoms in total. The van der Waals surface area contributed by atoms with Crippen LogP contribution in [0, 0.1) is 11.3 Å². The molecule has 0 spiro atoms. The SMILES string of the molecule is CC(=O)ONc1nc(-c2cccc(C#N)c2)cc(-c2cn(Cc3cccc(C(F)(F)F)n3)nn2)n1. The molecular formula is C22H15F3N8O2. The van der Waals surface area contributed by atoms with E-state index in [4.69, 9.17) is 4.84 Å². The fourth-order valence-corrected chi connectivity index (χ4v) is 3.02. The molecule has 0 saturated heterocycles. The van der Waals surface area contributed by atoms with Gasteiger partial charge >= 0.3 is 12.1 Å². The fourth-order valence-electron chi connectivity index (χ4n) is 3.02. The Morgan fingerprint density at radius 2 is 1.86 bits per heavy atom. The highest BCUT2D eigenvalue weighted by atomic mass is 19.4. The predicted molar refractivity (Wildman–Crippen MR) is 115 cm³/mol. The van der Waals surface area contributed by atoms with E-state index in [0.717, 1.165) is 6.07 Å². The Morgan fingerprint density at radius 3 is 2.60 bits per heavy atom. The van der Waals surface area contributed by atoms with Crippen LogP contribution in [0.25, 0.3) is 22.6 Å². The molecule has 0 amide bonds. The van der Waals surface area contributed by atoms with Crippen LogP contribution in [0.1, 0.15) is 23.9 Å². The molecule has 3 aromatic heterocycles. The van der Waals surface area contributed by atoms with E-state index in [9.17, 15) is 23.2 Å². The summed E-state index contributed by atoms with van der Waals surface area (Å²) in [5.41, 5.74) is 3.47. The number of nitrogens with zero attached hydrogens (tertiary/aromatic N) is 7. The van der Waals surface area contributed by atoms with E-state index in [1.807, 2.05) is 6.07 Å². The molecule has 0 aliphatic carbocycles. The Morgan fingerprint density at radius 1 is 1.09 bits per heavy atom. The molecule has 0 bridgehead atoms. The summed E-state index contributed by atoms with van der Waals surface area (Å²) in [6.45, 7) is 1.14. The Bertz CT molecular complexity index is 1430.